The summed E-state index contributed by atoms with van der Waals surface area (Å²) in [6.45, 7) is 0. The van der Waals surface area contributed by atoms with Gasteiger partial charge in [-0.2, -0.15) is 0 Å². The zero-order valence-corrected chi connectivity index (χ0v) is 10.1. The number of aliphatic carboxylic acids is 1. The van der Waals surface area contributed by atoms with E-state index in [0.29, 0.717) is 10.0 Å². The first kappa shape index (κ1) is 12.9. The fourth-order valence-corrected chi connectivity index (χ4v) is 2.00. The Balaban J connectivity index is 3.19. The molecule has 88 valence electrons. The summed E-state index contributed by atoms with van der Waals surface area (Å²) >= 11 is 3.19. The van der Waals surface area contributed by atoms with Crippen LogP contribution in [0.15, 0.2) is 16.6 Å². The van der Waals surface area contributed by atoms with Crippen LogP contribution in [0.2, 0.25) is 0 Å². The quantitative estimate of drug-likeness (QED) is 0.891. The molecule has 4 nitrogen and oxygen atoms in total. The summed E-state index contributed by atoms with van der Waals surface area (Å²) in [7, 11) is 1.31. The molecule has 1 aromatic carbocycles. The van der Waals surface area contributed by atoms with Gasteiger partial charge in [-0.05, 0) is 12.1 Å². The predicted molar refractivity (Wildman–Crippen MR) is 59.8 cm³/mol. The van der Waals surface area contributed by atoms with Crippen LogP contribution in [-0.2, 0) is 4.79 Å². The molecule has 0 saturated heterocycles. The van der Waals surface area contributed by atoms with E-state index in [1.165, 1.54) is 19.2 Å². The monoisotopic (exact) mass is 291 g/mol. The molecular weight excluding hydrogens is 281 g/mol. The van der Waals surface area contributed by atoms with Crippen molar-refractivity contribution >= 4 is 21.9 Å². The molecule has 1 aromatic rings. The zero-order chi connectivity index (χ0) is 12.3. The van der Waals surface area contributed by atoms with Crippen LogP contribution in [0.5, 0.6) is 5.75 Å². The Hall–Kier alpha value is -1.14. The van der Waals surface area contributed by atoms with E-state index in [2.05, 4.69) is 15.9 Å². The molecule has 0 aromatic heterocycles. The summed E-state index contributed by atoms with van der Waals surface area (Å²) < 4.78 is 18.8. The first-order valence-corrected chi connectivity index (χ1v) is 5.26. The summed E-state index contributed by atoms with van der Waals surface area (Å²) in [4.78, 5) is 10.5. The van der Waals surface area contributed by atoms with Crippen LogP contribution in [0.1, 0.15) is 18.0 Å². The van der Waals surface area contributed by atoms with Crippen LogP contribution >= 0.6 is 15.9 Å². The third-order valence-corrected chi connectivity index (χ3v) is 2.76. The van der Waals surface area contributed by atoms with Crippen LogP contribution < -0.4 is 10.5 Å². The normalized spacial score (nSPS) is 12.2. The topological polar surface area (TPSA) is 72.5 Å². The van der Waals surface area contributed by atoms with Crippen LogP contribution in [0.4, 0.5) is 4.39 Å². The number of benzene rings is 1. The lowest BCUT2D eigenvalue weighted by molar-refractivity contribution is -0.137. The first-order valence-electron chi connectivity index (χ1n) is 4.46. The fourth-order valence-electron chi connectivity index (χ4n) is 1.39. The van der Waals surface area contributed by atoms with Gasteiger partial charge in [0.15, 0.2) is 11.6 Å². The minimum absolute atomic E-state index is 0.0249. The maximum atomic E-state index is 13.4. The highest BCUT2D eigenvalue weighted by Gasteiger charge is 2.21. The number of hydrogen-bond acceptors (Lipinski definition) is 3. The number of carbonyl (C=O) groups is 1. The van der Waals surface area contributed by atoms with Gasteiger partial charge in [0.05, 0.1) is 13.5 Å². The lowest BCUT2D eigenvalue weighted by Gasteiger charge is -2.16. The molecular formula is C10H11BrFNO3. The first-order chi connectivity index (χ1) is 7.47. The van der Waals surface area contributed by atoms with Gasteiger partial charge in [-0.25, -0.2) is 4.39 Å². The smallest absolute Gasteiger partial charge is 0.305 e. The minimum atomic E-state index is -1.05. The Morgan fingerprint density at radius 1 is 1.69 bits per heavy atom. The van der Waals surface area contributed by atoms with E-state index in [0.717, 1.165) is 0 Å². The number of methoxy groups -OCH3 is 1. The van der Waals surface area contributed by atoms with Crippen molar-refractivity contribution in [3.8, 4) is 5.75 Å². The van der Waals surface area contributed by atoms with E-state index >= 15 is 0 Å². The molecule has 0 aliphatic carbocycles. The minimum Gasteiger partial charge on any atom is -0.493 e. The van der Waals surface area contributed by atoms with Crippen molar-refractivity contribution in [3.63, 3.8) is 0 Å². The van der Waals surface area contributed by atoms with Crippen molar-refractivity contribution in [2.75, 3.05) is 7.11 Å². The molecule has 0 aliphatic heterocycles. The summed E-state index contributed by atoms with van der Waals surface area (Å²) in [5, 5.41) is 8.64. The van der Waals surface area contributed by atoms with Crippen molar-refractivity contribution in [2.45, 2.75) is 12.5 Å². The van der Waals surface area contributed by atoms with E-state index < -0.39 is 17.8 Å². The van der Waals surface area contributed by atoms with Crippen molar-refractivity contribution in [3.05, 3.63) is 28.0 Å². The van der Waals surface area contributed by atoms with Crippen molar-refractivity contribution in [1.82, 2.24) is 0 Å². The lowest BCUT2D eigenvalue weighted by atomic mass is 10.0. The van der Waals surface area contributed by atoms with E-state index in [-0.39, 0.29) is 12.2 Å². The zero-order valence-electron chi connectivity index (χ0n) is 8.54. The Kier molecular flexibility index (Phi) is 4.26. The van der Waals surface area contributed by atoms with Crippen LogP contribution in [0.25, 0.3) is 0 Å². The third-order valence-electron chi connectivity index (χ3n) is 2.06. The highest BCUT2D eigenvalue weighted by atomic mass is 79.9. The van der Waals surface area contributed by atoms with Gasteiger partial charge in [0.1, 0.15) is 0 Å². The number of nitrogens with two attached hydrogens (primary N) is 1. The standard InChI is InChI=1S/C10H11BrFNO3/c1-16-10-6(12)3-2-5(11)9(10)7(13)4-8(14)15/h2-3,7H,4,13H2,1H3,(H,14,15). The molecule has 1 rings (SSSR count). The maximum Gasteiger partial charge on any atom is 0.305 e. The summed E-state index contributed by atoms with van der Waals surface area (Å²) in [6.07, 6.45) is -0.293. The van der Waals surface area contributed by atoms with Crippen molar-refractivity contribution in [1.29, 1.82) is 0 Å². The largest absolute Gasteiger partial charge is 0.493 e. The molecule has 1 unspecified atom stereocenters. The van der Waals surface area contributed by atoms with E-state index in [1.54, 1.807) is 0 Å². The third kappa shape index (κ3) is 2.70. The predicted octanol–water partition coefficient (Wildman–Crippen LogP) is 2.07. The lowest BCUT2D eigenvalue weighted by Crippen LogP contribution is -2.17. The van der Waals surface area contributed by atoms with Gasteiger partial charge < -0.3 is 15.6 Å². The molecule has 0 amide bonds. The summed E-state index contributed by atoms with van der Waals surface area (Å²) in [6, 6.07) is 1.87. The number of halogens is 2. The van der Waals surface area contributed by atoms with Gasteiger partial charge in [-0.1, -0.05) is 15.9 Å². The van der Waals surface area contributed by atoms with Gasteiger partial charge in [-0.15, -0.1) is 0 Å². The van der Waals surface area contributed by atoms with E-state index in [4.69, 9.17) is 15.6 Å². The average Bonchev–Trinajstić information content (AvgIpc) is 2.19. The van der Waals surface area contributed by atoms with Crippen LogP contribution in [0.3, 0.4) is 0 Å². The molecule has 0 heterocycles. The Labute approximate surface area is 100 Å². The molecule has 0 radical (unpaired) electrons. The molecule has 6 heteroatoms. The molecule has 3 N–H and O–H groups in total. The van der Waals surface area contributed by atoms with Crippen LogP contribution in [-0.4, -0.2) is 18.2 Å². The Bertz CT molecular complexity index is 411. The van der Waals surface area contributed by atoms with Gasteiger partial charge in [0.2, 0.25) is 0 Å². The number of hydrogen-bond donors (Lipinski definition) is 2. The fraction of sp³-hybridized carbons (Fsp3) is 0.300. The summed E-state index contributed by atoms with van der Waals surface area (Å²) in [5.41, 5.74) is 6.01. The second-order valence-corrected chi connectivity index (χ2v) is 4.03. The highest BCUT2D eigenvalue weighted by Crippen LogP contribution is 2.34. The molecule has 0 aliphatic rings. The molecule has 1 atom stereocenters. The SMILES string of the molecule is COc1c(F)ccc(Br)c1C(N)CC(=O)O. The number of carboxylic acid groups (broad SMARTS) is 1. The van der Waals surface area contributed by atoms with Gasteiger partial charge in [0.25, 0.3) is 0 Å². The van der Waals surface area contributed by atoms with Crippen LogP contribution in [0, 0.1) is 5.82 Å². The highest BCUT2D eigenvalue weighted by molar-refractivity contribution is 9.10. The molecule has 0 spiro atoms. The van der Waals surface area contributed by atoms with E-state index in [9.17, 15) is 9.18 Å². The van der Waals surface area contributed by atoms with Gasteiger partial charge in [-0.3, -0.25) is 4.79 Å². The maximum absolute atomic E-state index is 13.4. The number of rotatable bonds is 4. The van der Waals surface area contributed by atoms with E-state index in [1.807, 2.05) is 0 Å². The molecule has 16 heavy (non-hydrogen) atoms. The van der Waals surface area contributed by atoms with Gasteiger partial charge >= 0.3 is 5.97 Å². The van der Waals surface area contributed by atoms with Crippen molar-refractivity contribution in [2.24, 2.45) is 5.73 Å². The summed E-state index contributed by atoms with van der Waals surface area (Å²) in [5.74, 6) is -1.64. The second-order valence-electron chi connectivity index (χ2n) is 3.18. The van der Waals surface area contributed by atoms with Gasteiger partial charge in [0, 0.05) is 16.1 Å². The second kappa shape index (κ2) is 5.27. The molecule has 0 saturated carbocycles. The molecule has 0 fully saturated rings. The number of carboxylic acids is 1. The van der Waals surface area contributed by atoms with Crippen molar-refractivity contribution < 1.29 is 19.0 Å². The Morgan fingerprint density at radius 2 is 2.31 bits per heavy atom. The average molecular weight is 292 g/mol. The number of ether oxygens (including phenoxy) is 1. The Morgan fingerprint density at radius 3 is 2.81 bits per heavy atom. The molecule has 0 bridgehead atoms.